The third-order valence-electron chi connectivity index (χ3n) is 5.32. The molecule has 0 aromatic heterocycles. The van der Waals surface area contributed by atoms with Crippen LogP contribution in [0, 0.1) is 0 Å². The van der Waals surface area contributed by atoms with E-state index < -0.39 is 5.54 Å². The highest BCUT2D eigenvalue weighted by molar-refractivity contribution is 9.10. The molecule has 0 spiro atoms. The first-order valence-electron chi connectivity index (χ1n) is 8.20. The van der Waals surface area contributed by atoms with E-state index in [2.05, 4.69) is 15.9 Å². The van der Waals surface area contributed by atoms with Crippen molar-refractivity contribution in [1.29, 1.82) is 0 Å². The van der Waals surface area contributed by atoms with Gasteiger partial charge in [-0.3, -0.25) is 4.79 Å². The Bertz CT molecular complexity index is 898. The predicted molar refractivity (Wildman–Crippen MR) is 106 cm³/mol. The lowest BCUT2D eigenvalue weighted by molar-refractivity contribution is -0.123. The first-order chi connectivity index (χ1) is 12.3. The van der Waals surface area contributed by atoms with Crippen LogP contribution in [-0.4, -0.2) is 28.9 Å². The van der Waals surface area contributed by atoms with Crippen LogP contribution in [0.25, 0.3) is 0 Å². The van der Waals surface area contributed by atoms with Gasteiger partial charge in [0.05, 0.1) is 5.69 Å². The molecule has 2 fully saturated rings. The number of nitrogens with zero attached hydrogens (tertiary/aromatic N) is 2. The van der Waals surface area contributed by atoms with Crippen LogP contribution in [0.1, 0.15) is 24.8 Å². The van der Waals surface area contributed by atoms with Crippen molar-refractivity contribution >= 4 is 56.8 Å². The van der Waals surface area contributed by atoms with Crippen molar-refractivity contribution in [2.24, 2.45) is 0 Å². The molecule has 7 heteroatoms. The molecule has 0 radical (unpaired) electrons. The molecule has 4 nitrogen and oxygen atoms in total. The molecule has 2 aliphatic rings. The van der Waals surface area contributed by atoms with E-state index in [0.29, 0.717) is 22.3 Å². The molecular weight excluding hydrogens is 439 g/mol. The zero-order valence-electron chi connectivity index (χ0n) is 13.9. The van der Waals surface area contributed by atoms with E-state index in [-0.39, 0.29) is 17.9 Å². The molecule has 2 aliphatic heterocycles. The summed E-state index contributed by atoms with van der Waals surface area (Å²) < 4.78 is 0.977. The summed E-state index contributed by atoms with van der Waals surface area (Å²) in [6.07, 6.45) is 0.750. The fourth-order valence-electron chi connectivity index (χ4n) is 4.03. The molecule has 4 rings (SSSR count). The zero-order chi connectivity index (χ0) is 18.6. The number of hydrogen-bond acceptors (Lipinski definition) is 2. The van der Waals surface area contributed by atoms with E-state index in [1.807, 2.05) is 31.2 Å². The second-order valence-electron chi connectivity index (χ2n) is 6.74. The number of amides is 3. The second kappa shape index (κ2) is 6.25. The van der Waals surface area contributed by atoms with E-state index in [1.54, 1.807) is 23.1 Å². The SMILES string of the molecule is CC12C(=O)N(c3cc(Cl)cc(Cl)c3)C(=O)N1CCC2c1ccc(Br)cc1. The van der Waals surface area contributed by atoms with Gasteiger partial charge in [-0.15, -0.1) is 0 Å². The number of carbonyl (C=O) groups is 2. The van der Waals surface area contributed by atoms with Crippen molar-refractivity contribution in [3.63, 3.8) is 0 Å². The fraction of sp³-hybridized carbons (Fsp3) is 0.263. The van der Waals surface area contributed by atoms with Crippen LogP contribution < -0.4 is 4.90 Å². The quantitative estimate of drug-likeness (QED) is 0.565. The van der Waals surface area contributed by atoms with Gasteiger partial charge in [-0.05, 0) is 49.2 Å². The second-order valence-corrected chi connectivity index (χ2v) is 8.53. The smallest absolute Gasteiger partial charge is 0.309 e. The van der Waals surface area contributed by atoms with Crippen LogP contribution in [0.3, 0.4) is 0 Å². The van der Waals surface area contributed by atoms with Crippen LogP contribution in [-0.2, 0) is 4.79 Å². The van der Waals surface area contributed by atoms with E-state index in [9.17, 15) is 9.59 Å². The van der Waals surface area contributed by atoms with E-state index in [4.69, 9.17) is 23.2 Å². The van der Waals surface area contributed by atoms with Gasteiger partial charge in [0.25, 0.3) is 5.91 Å². The maximum Gasteiger partial charge on any atom is 0.332 e. The van der Waals surface area contributed by atoms with Gasteiger partial charge in [0, 0.05) is 27.0 Å². The number of benzene rings is 2. The molecule has 0 bridgehead atoms. The first-order valence-corrected chi connectivity index (χ1v) is 9.75. The zero-order valence-corrected chi connectivity index (χ0v) is 17.0. The summed E-state index contributed by atoms with van der Waals surface area (Å²) in [5.41, 5.74) is 0.535. The maximum absolute atomic E-state index is 13.4. The van der Waals surface area contributed by atoms with Gasteiger partial charge in [-0.1, -0.05) is 51.3 Å². The number of imide groups is 1. The first kappa shape index (κ1) is 17.8. The van der Waals surface area contributed by atoms with Crippen molar-refractivity contribution in [1.82, 2.24) is 4.90 Å². The minimum atomic E-state index is -0.917. The van der Waals surface area contributed by atoms with Crippen LogP contribution in [0.4, 0.5) is 10.5 Å². The van der Waals surface area contributed by atoms with Crippen LogP contribution in [0.2, 0.25) is 10.0 Å². The van der Waals surface area contributed by atoms with Gasteiger partial charge >= 0.3 is 6.03 Å². The van der Waals surface area contributed by atoms with Crippen molar-refractivity contribution in [3.8, 4) is 0 Å². The normalized spacial score (nSPS) is 25.2. The monoisotopic (exact) mass is 452 g/mol. The summed E-state index contributed by atoms with van der Waals surface area (Å²) in [5, 5.41) is 0.768. The van der Waals surface area contributed by atoms with Crippen LogP contribution in [0.5, 0.6) is 0 Å². The van der Waals surface area contributed by atoms with Gasteiger partial charge in [0.15, 0.2) is 0 Å². The minimum absolute atomic E-state index is 0.0632. The highest BCUT2D eigenvalue weighted by atomic mass is 79.9. The summed E-state index contributed by atoms with van der Waals surface area (Å²) >= 11 is 15.6. The van der Waals surface area contributed by atoms with E-state index >= 15 is 0 Å². The van der Waals surface area contributed by atoms with Gasteiger partial charge in [-0.25, -0.2) is 9.69 Å². The van der Waals surface area contributed by atoms with Crippen molar-refractivity contribution in [2.75, 3.05) is 11.4 Å². The van der Waals surface area contributed by atoms with Crippen LogP contribution >= 0.6 is 39.1 Å². The molecule has 2 aromatic rings. The van der Waals surface area contributed by atoms with Gasteiger partial charge in [0.1, 0.15) is 5.54 Å². The molecule has 134 valence electrons. The van der Waals surface area contributed by atoms with Gasteiger partial charge in [-0.2, -0.15) is 0 Å². The van der Waals surface area contributed by atoms with Gasteiger partial charge in [0.2, 0.25) is 0 Å². The topological polar surface area (TPSA) is 40.6 Å². The molecule has 2 unspecified atom stereocenters. The highest BCUT2D eigenvalue weighted by Gasteiger charge is 2.62. The van der Waals surface area contributed by atoms with Gasteiger partial charge < -0.3 is 4.90 Å². The number of halogens is 3. The Balaban J connectivity index is 1.77. The van der Waals surface area contributed by atoms with Crippen molar-refractivity contribution in [2.45, 2.75) is 24.8 Å². The molecule has 2 saturated heterocycles. The molecule has 2 aromatic carbocycles. The summed E-state index contributed by atoms with van der Waals surface area (Å²) in [4.78, 5) is 29.2. The Morgan fingerprint density at radius 3 is 2.31 bits per heavy atom. The Morgan fingerprint density at radius 1 is 1.08 bits per heavy atom. The van der Waals surface area contributed by atoms with E-state index in [0.717, 1.165) is 16.5 Å². The number of urea groups is 1. The Morgan fingerprint density at radius 2 is 1.69 bits per heavy atom. The Kier molecular flexibility index (Phi) is 4.29. The van der Waals surface area contributed by atoms with Crippen LogP contribution in [0.15, 0.2) is 46.9 Å². The lowest BCUT2D eigenvalue weighted by atomic mass is 9.81. The molecule has 0 N–H and O–H groups in total. The highest BCUT2D eigenvalue weighted by Crippen LogP contribution is 2.48. The third kappa shape index (κ3) is 2.56. The summed E-state index contributed by atoms with van der Waals surface area (Å²) in [5.74, 6) is -0.307. The number of rotatable bonds is 2. The van der Waals surface area contributed by atoms with Crippen molar-refractivity contribution in [3.05, 3.63) is 62.5 Å². The number of anilines is 1. The number of hydrogen-bond donors (Lipinski definition) is 0. The Labute approximate surface area is 169 Å². The molecule has 0 saturated carbocycles. The average molecular weight is 454 g/mol. The average Bonchev–Trinajstić information content (AvgIpc) is 3.01. The Hall–Kier alpha value is -1.56. The fourth-order valence-corrected chi connectivity index (χ4v) is 4.81. The molecular formula is C19H15BrCl2N2O2. The summed E-state index contributed by atoms with van der Waals surface area (Å²) in [6, 6.07) is 12.3. The van der Waals surface area contributed by atoms with Crippen molar-refractivity contribution < 1.29 is 9.59 Å². The summed E-state index contributed by atoms with van der Waals surface area (Å²) in [7, 11) is 0. The summed E-state index contributed by atoms with van der Waals surface area (Å²) in [6.45, 7) is 2.38. The largest absolute Gasteiger partial charge is 0.332 e. The third-order valence-corrected chi connectivity index (χ3v) is 6.28. The maximum atomic E-state index is 13.4. The van der Waals surface area contributed by atoms with E-state index in [1.165, 1.54) is 4.90 Å². The molecule has 2 atom stereocenters. The molecule has 0 aliphatic carbocycles. The number of fused-ring (bicyclic) bond motifs is 1. The minimum Gasteiger partial charge on any atom is -0.309 e. The predicted octanol–water partition coefficient (Wildman–Crippen LogP) is 5.47. The number of carbonyl (C=O) groups excluding carboxylic acids is 2. The lowest BCUT2D eigenvalue weighted by Gasteiger charge is -2.30. The molecule has 3 amide bonds. The molecule has 2 heterocycles. The molecule has 26 heavy (non-hydrogen) atoms. The standard InChI is InChI=1S/C19H15BrCl2N2O2/c1-19-16(11-2-4-12(20)5-3-11)6-7-23(19)18(26)24(17(19)25)15-9-13(21)8-14(22)10-15/h2-5,8-10,16H,6-7H2,1H3. The lowest BCUT2D eigenvalue weighted by Crippen LogP contribution is -2.46.